The number of nitrogens with zero attached hydrogens (tertiary/aromatic N) is 3. The van der Waals surface area contributed by atoms with Crippen molar-refractivity contribution in [1.29, 1.82) is 0 Å². The van der Waals surface area contributed by atoms with Crippen LogP contribution in [-0.4, -0.2) is 21.5 Å². The molecule has 1 heterocycles. The molecule has 0 aromatic carbocycles. The molecule has 0 aliphatic carbocycles. The maximum absolute atomic E-state index is 5.44. The summed E-state index contributed by atoms with van der Waals surface area (Å²) in [6.07, 6.45) is 2.78. The molecule has 4 heteroatoms. The van der Waals surface area contributed by atoms with Crippen LogP contribution >= 0.6 is 0 Å². The second-order valence-corrected chi connectivity index (χ2v) is 2.76. The molecule has 1 rings (SSSR count). The zero-order chi connectivity index (χ0) is 8.27. The lowest BCUT2D eigenvalue weighted by atomic mass is 10.1. The van der Waals surface area contributed by atoms with E-state index in [4.69, 9.17) is 5.73 Å². The largest absolute Gasteiger partial charge is 0.330 e. The molecule has 4 nitrogen and oxygen atoms in total. The lowest BCUT2D eigenvalue weighted by Gasteiger charge is -2.07. The molecule has 1 aromatic heterocycles. The highest BCUT2D eigenvalue weighted by Gasteiger charge is 2.08. The first-order valence-corrected chi connectivity index (χ1v) is 3.80. The first-order valence-electron chi connectivity index (χ1n) is 3.80. The van der Waals surface area contributed by atoms with Gasteiger partial charge in [-0.15, -0.1) is 5.10 Å². The van der Waals surface area contributed by atoms with Crippen LogP contribution in [0, 0.1) is 0 Å². The van der Waals surface area contributed by atoms with Gasteiger partial charge in [-0.2, -0.15) is 0 Å². The van der Waals surface area contributed by atoms with Crippen LogP contribution in [-0.2, 0) is 7.05 Å². The van der Waals surface area contributed by atoms with E-state index in [1.807, 2.05) is 7.05 Å². The SMILES string of the molecule is CC(CCN)c1cnnn1C. The number of hydrogen-bond acceptors (Lipinski definition) is 3. The Morgan fingerprint density at radius 2 is 2.45 bits per heavy atom. The Morgan fingerprint density at radius 3 is 2.91 bits per heavy atom. The number of aryl methyl sites for hydroxylation is 1. The van der Waals surface area contributed by atoms with Crippen LogP contribution < -0.4 is 5.73 Å². The monoisotopic (exact) mass is 154 g/mol. The number of nitrogens with two attached hydrogens (primary N) is 1. The molecule has 0 aliphatic heterocycles. The minimum Gasteiger partial charge on any atom is -0.330 e. The van der Waals surface area contributed by atoms with Gasteiger partial charge in [-0.1, -0.05) is 12.1 Å². The van der Waals surface area contributed by atoms with Gasteiger partial charge in [0.1, 0.15) is 0 Å². The highest BCUT2D eigenvalue weighted by molar-refractivity contribution is 5.00. The van der Waals surface area contributed by atoms with Crippen molar-refractivity contribution in [1.82, 2.24) is 15.0 Å². The van der Waals surface area contributed by atoms with Gasteiger partial charge in [0.05, 0.1) is 11.9 Å². The van der Waals surface area contributed by atoms with Gasteiger partial charge in [0.2, 0.25) is 0 Å². The van der Waals surface area contributed by atoms with E-state index >= 15 is 0 Å². The van der Waals surface area contributed by atoms with Crippen LogP contribution in [0.25, 0.3) is 0 Å². The summed E-state index contributed by atoms with van der Waals surface area (Å²) in [5.41, 5.74) is 6.58. The van der Waals surface area contributed by atoms with Crippen molar-refractivity contribution in [3.63, 3.8) is 0 Å². The predicted octanol–water partition coefficient (Wildman–Crippen LogP) is 0.267. The zero-order valence-electron chi connectivity index (χ0n) is 6.99. The third kappa shape index (κ3) is 1.77. The van der Waals surface area contributed by atoms with E-state index in [9.17, 15) is 0 Å². The summed E-state index contributed by atoms with van der Waals surface area (Å²) in [5, 5.41) is 7.64. The molecule has 1 unspecified atom stereocenters. The summed E-state index contributed by atoms with van der Waals surface area (Å²) in [4.78, 5) is 0. The molecule has 0 radical (unpaired) electrons. The molecule has 0 saturated heterocycles. The third-order valence-corrected chi connectivity index (χ3v) is 1.85. The molecule has 0 spiro atoms. The van der Waals surface area contributed by atoms with Gasteiger partial charge in [0.25, 0.3) is 0 Å². The molecule has 0 fully saturated rings. The van der Waals surface area contributed by atoms with Gasteiger partial charge >= 0.3 is 0 Å². The molecule has 0 amide bonds. The topological polar surface area (TPSA) is 56.7 Å². The first kappa shape index (κ1) is 8.20. The quantitative estimate of drug-likeness (QED) is 0.679. The Labute approximate surface area is 66.4 Å². The Bertz CT molecular complexity index is 218. The van der Waals surface area contributed by atoms with Crippen LogP contribution in [0.4, 0.5) is 0 Å². The van der Waals surface area contributed by atoms with Gasteiger partial charge in [-0.25, -0.2) is 0 Å². The van der Waals surface area contributed by atoms with Gasteiger partial charge in [-0.3, -0.25) is 4.68 Å². The Morgan fingerprint density at radius 1 is 1.73 bits per heavy atom. The van der Waals surface area contributed by atoms with E-state index in [2.05, 4.69) is 17.2 Å². The van der Waals surface area contributed by atoms with E-state index in [0.29, 0.717) is 12.5 Å². The summed E-state index contributed by atoms with van der Waals surface area (Å²) < 4.78 is 1.79. The van der Waals surface area contributed by atoms with E-state index in [1.165, 1.54) is 0 Å². The summed E-state index contributed by atoms with van der Waals surface area (Å²) in [6.45, 7) is 2.85. The highest BCUT2D eigenvalue weighted by Crippen LogP contribution is 2.14. The maximum atomic E-state index is 5.44. The van der Waals surface area contributed by atoms with Crippen LogP contribution in [0.2, 0.25) is 0 Å². The fraction of sp³-hybridized carbons (Fsp3) is 0.714. The minimum atomic E-state index is 0.458. The molecular formula is C7H14N4. The van der Waals surface area contributed by atoms with Crippen molar-refractivity contribution in [2.24, 2.45) is 12.8 Å². The third-order valence-electron chi connectivity index (χ3n) is 1.85. The van der Waals surface area contributed by atoms with Crippen LogP contribution in [0.15, 0.2) is 6.20 Å². The molecule has 11 heavy (non-hydrogen) atoms. The molecule has 62 valence electrons. The minimum absolute atomic E-state index is 0.458. The summed E-state index contributed by atoms with van der Waals surface area (Å²) >= 11 is 0. The Hall–Kier alpha value is -0.900. The smallest absolute Gasteiger partial charge is 0.0727 e. The molecule has 0 bridgehead atoms. The maximum Gasteiger partial charge on any atom is 0.0727 e. The fourth-order valence-electron chi connectivity index (χ4n) is 1.14. The first-order chi connectivity index (χ1) is 5.25. The highest BCUT2D eigenvalue weighted by atomic mass is 15.4. The van der Waals surface area contributed by atoms with E-state index in [-0.39, 0.29) is 0 Å². The molecular weight excluding hydrogens is 140 g/mol. The standard InChI is InChI=1S/C7H14N4/c1-6(3-4-8)7-5-9-10-11(7)2/h5-6H,3-4,8H2,1-2H3. The second-order valence-electron chi connectivity index (χ2n) is 2.76. The molecule has 0 aliphatic rings. The summed E-state index contributed by atoms with van der Waals surface area (Å²) in [5.74, 6) is 0.458. The van der Waals surface area contributed by atoms with Gasteiger partial charge in [0, 0.05) is 13.0 Å². The van der Waals surface area contributed by atoms with Crippen molar-refractivity contribution in [3.05, 3.63) is 11.9 Å². The average molecular weight is 154 g/mol. The van der Waals surface area contributed by atoms with Crippen LogP contribution in [0.5, 0.6) is 0 Å². The number of hydrogen-bond donors (Lipinski definition) is 1. The van der Waals surface area contributed by atoms with Crippen LogP contribution in [0.1, 0.15) is 25.0 Å². The van der Waals surface area contributed by atoms with Crippen molar-refractivity contribution in [2.45, 2.75) is 19.3 Å². The van der Waals surface area contributed by atoms with Gasteiger partial charge in [-0.05, 0) is 13.0 Å². The van der Waals surface area contributed by atoms with Crippen molar-refractivity contribution in [3.8, 4) is 0 Å². The van der Waals surface area contributed by atoms with E-state index < -0.39 is 0 Å². The Balaban J connectivity index is 2.67. The molecule has 1 aromatic rings. The van der Waals surface area contributed by atoms with Crippen molar-refractivity contribution in [2.75, 3.05) is 6.54 Å². The summed E-state index contributed by atoms with van der Waals surface area (Å²) in [6, 6.07) is 0. The number of aromatic nitrogens is 3. The van der Waals surface area contributed by atoms with Crippen LogP contribution in [0.3, 0.4) is 0 Å². The van der Waals surface area contributed by atoms with E-state index in [1.54, 1.807) is 10.9 Å². The lowest BCUT2D eigenvalue weighted by molar-refractivity contribution is 0.599. The lowest BCUT2D eigenvalue weighted by Crippen LogP contribution is -2.08. The molecule has 0 saturated carbocycles. The fourth-order valence-corrected chi connectivity index (χ4v) is 1.14. The van der Waals surface area contributed by atoms with Gasteiger partial charge < -0.3 is 5.73 Å². The zero-order valence-corrected chi connectivity index (χ0v) is 6.99. The number of rotatable bonds is 3. The van der Waals surface area contributed by atoms with Crippen molar-refractivity contribution >= 4 is 0 Å². The molecule has 2 N–H and O–H groups in total. The predicted molar refractivity (Wildman–Crippen MR) is 43.1 cm³/mol. The van der Waals surface area contributed by atoms with E-state index in [0.717, 1.165) is 12.1 Å². The normalized spacial score (nSPS) is 13.4. The molecule has 1 atom stereocenters. The second kappa shape index (κ2) is 3.48. The average Bonchev–Trinajstić information content (AvgIpc) is 2.36. The van der Waals surface area contributed by atoms with Gasteiger partial charge in [0.15, 0.2) is 0 Å². The summed E-state index contributed by atoms with van der Waals surface area (Å²) in [7, 11) is 1.90. The van der Waals surface area contributed by atoms with Crippen molar-refractivity contribution < 1.29 is 0 Å². The Kier molecular flexibility index (Phi) is 2.59.